The summed E-state index contributed by atoms with van der Waals surface area (Å²) in [7, 11) is 0. The third kappa shape index (κ3) is 4.38. The van der Waals surface area contributed by atoms with Gasteiger partial charge >= 0.3 is 6.18 Å². The molecule has 2 aromatic heterocycles. The molecule has 4 nitrogen and oxygen atoms in total. The highest BCUT2D eigenvalue weighted by Gasteiger charge is 2.30. The molecule has 0 aliphatic carbocycles. The second-order valence-corrected chi connectivity index (χ2v) is 8.46. The Morgan fingerprint density at radius 2 is 1.55 bits per heavy atom. The Balaban J connectivity index is 1.28. The van der Waals surface area contributed by atoms with Crippen molar-refractivity contribution in [1.29, 1.82) is 0 Å². The van der Waals surface area contributed by atoms with Crippen molar-refractivity contribution >= 4 is 34.0 Å². The molecule has 0 bridgehead atoms. The predicted octanol–water partition coefficient (Wildman–Crippen LogP) is 7.23. The first kappa shape index (κ1) is 21.0. The molecule has 1 amide bonds. The third-order valence-corrected chi connectivity index (χ3v) is 6.27. The number of amides is 1. The molecule has 164 valence electrons. The van der Waals surface area contributed by atoms with E-state index in [4.69, 9.17) is 0 Å². The lowest BCUT2D eigenvalue weighted by molar-refractivity contribution is -0.137. The molecule has 2 N–H and O–H groups in total. The topological polar surface area (TPSA) is 57.8 Å². The van der Waals surface area contributed by atoms with Gasteiger partial charge in [-0.2, -0.15) is 13.2 Å². The van der Waals surface area contributed by atoms with E-state index in [0.29, 0.717) is 21.0 Å². The minimum atomic E-state index is -4.38. The van der Waals surface area contributed by atoms with Crippen LogP contribution >= 0.6 is 11.3 Å². The van der Waals surface area contributed by atoms with Crippen LogP contribution in [0.15, 0.2) is 84.9 Å². The number of nitrogens with one attached hydrogen (secondary N) is 2. The molecule has 0 aliphatic rings. The van der Waals surface area contributed by atoms with Crippen LogP contribution in [0.5, 0.6) is 0 Å². The SMILES string of the molecule is O=C(Nc1ccc(-c2nc3ccccc3[nH]2)cc1)c1ccc(-c2ccc(C(F)(F)F)cc2)s1. The van der Waals surface area contributed by atoms with E-state index in [1.807, 2.05) is 36.4 Å². The number of rotatable bonds is 4. The number of imidazole rings is 1. The van der Waals surface area contributed by atoms with Crippen LogP contribution in [0.25, 0.3) is 32.9 Å². The molecule has 3 aromatic carbocycles. The molecule has 0 unspecified atom stereocenters. The van der Waals surface area contributed by atoms with Crippen LogP contribution in [0.1, 0.15) is 15.2 Å². The van der Waals surface area contributed by atoms with Gasteiger partial charge in [-0.25, -0.2) is 4.98 Å². The number of thiophene rings is 1. The lowest BCUT2D eigenvalue weighted by atomic mass is 10.1. The van der Waals surface area contributed by atoms with Crippen molar-refractivity contribution in [2.45, 2.75) is 6.18 Å². The molecule has 5 aromatic rings. The van der Waals surface area contributed by atoms with Crippen LogP contribution in [-0.4, -0.2) is 15.9 Å². The van der Waals surface area contributed by atoms with Crippen molar-refractivity contribution in [2.75, 3.05) is 5.32 Å². The fourth-order valence-corrected chi connectivity index (χ4v) is 4.34. The number of alkyl halides is 3. The van der Waals surface area contributed by atoms with Gasteiger partial charge in [0.05, 0.1) is 21.5 Å². The summed E-state index contributed by atoms with van der Waals surface area (Å²) in [5, 5.41) is 2.85. The van der Waals surface area contributed by atoms with Crippen LogP contribution in [0.4, 0.5) is 18.9 Å². The van der Waals surface area contributed by atoms with E-state index in [1.54, 1.807) is 24.3 Å². The van der Waals surface area contributed by atoms with E-state index in [9.17, 15) is 18.0 Å². The second-order valence-electron chi connectivity index (χ2n) is 7.37. The van der Waals surface area contributed by atoms with E-state index in [-0.39, 0.29) is 5.91 Å². The molecular formula is C25H16F3N3OS. The average molecular weight is 463 g/mol. The number of anilines is 1. The largest absolute Gasteiger partial charge is 0.416 e. The summed E-state index contributed by atoms with van der Waals surface area (Å²) >= 11 is 1.22. The third-order valence-electron chi connectivity index (χ3n) is 5.13. The maximum Gasteiger partial charge on any atom is 0.416 e. The van der Waals surface area contributed by atoms with Gasteiger partial charge < -0.3 is 10.3 Å². The van der Waals surface area contributed by atoms with E-state index in [2.05, 4.69) is 15.3 Å². The Morgan fingerprint density at radius 1 is 0.848 bits per heavy atom. The number of hydrogen-bond donors (Lipinski definition) is 2. The first-order chi connectivity index (χ1) is 15.9. The van der Waals surface area contributed by atoms with Gasteiger partial charge in [0.2, 0.25) is 0 Å². The summed E-state index contributed by atoms with van der Waals surface area (Å²) in [6, 6.07) is 23.4. The number of carbonyl (C=O) groups is 1. The van der Waals surface area contributed by atoms with Gasteiger partial charge in [-0.15, -0.1) is 11.3 Å². The Kier molecular flexibility index (Phi) is 5.22. The second kappa shape index (κ2) is 8.22. The van der Waals surface area contributed by atoms with Crippen LogP contribution in [0.2, 0.25) is 0 Å². The summed E-state index contributed by atoms with van der Waals surface area (Å²) in [6.07, 6.45) is -4.38. The zero-order valence-corrected chi connectivity index (χ0v) is 17.8. The molecule has 0 aliphatic heterocycles. The van der Waals surface area contributed by atoms with E-state index in [0.717, 1.165) is 34.6 Å². The number of nitrogens with zero attached hydrogens (tertiary/aromatic N) is 1. The number of benzene rings is 3. The molecule has 33 heavy (non-hydrogen) atoms. The van der Waals surface area contributed by atoms with Crippen LogP contribution in [0, 0.1) is 0 Å². The van der Waals surface area contributed by atoms with Crippen molar-refractivity contribution in [3.63, 3.8) is 0 Å². The normalized spacial score (nSPS) is 11.6. The number of para-hydroxylation sites is 2. The predicted molar refractivity (Wildman–Crippen MR) is 124 cm³/mol. The van der Waals surface area contributed by atoms with E-state index in [1.165, 1.54) is 23.5 Å². The van der Waals surface area contributed by atoms with Crippen molar-refractivity contribution in [2.24, 2.45) is 0 Å². The Morgan fingerprint density at radius 3 is 2.24 bits per heavy atom. The Hall–Kier alpha value is -3.91. The van der Waals surface area contributed by atoms with Crippen molar-refractivity contribution in [3.05, 3.63) is 95.4 Å². The van der Waals surface area contributed by atoms with Crippen molar-refractivity contribution in [3.8, 4) is 21.8 Å². The molecule has 0 radical (unpaired) electrons. The maximum atomic E-state index is 12.8. The van der Waals surface area contributed by atoms with Gasteiger partial charge in [-0.1, -0.05) is 24.3 Å². The van der Waals surface area contributed by atoms with Gasteiger partial charge in [-0.3, -0.25) is 4.79 Å². The highest BCUT2D eigenvalue weighted by atomic mass is 32.1. The number of aromatic nitrogens is 2. The molecule has 0 spiro atoms. The minimum Gasteiger partial charge on any atom is -0.338 e. The van der Waals surface area contributed by atoms with Gasteiger partial charge in [0.15, 0.2) is 0 Å². The fourth-order valence-electron chi connectivity index (χ4n) is 3.43. The number of H-pyrrole nitrogens is 1. The van der Waals surface area contributed by atoms with Gasteiger partial charge in [-0.05, 0) is 66.2 Å². The molecule has 2 heterocycles. The lowest BCUT2D eigenvalue weighted by Gasteiger charge is -2.06. The molecule has 0 saturated carbocycles. The zero-order valence-electron chi connectivity index (χ0n) is 17.0. The molecule has 0 atom stereocenters. The summed E-state index contributed by atoms with van der Waals surface area (Å²) in [6.45, 7) is 0. The quantitative estimate of drug-likeness (QED) is 0.295. The smallest absolute Gasteiger partial charge is 0.338 e. The Labute approximate surface area is 190 Å². The number of aromatic amines is 1. The molecular weight excluding hydrogens is 447 g/mol. The van der Waals surface area contributed by atoms with Crippen LogP contribution < -0.4 is 5.32 Å². The minimum absolute atomic E-state index is 0.283. The first-order valence-corrected chi connectivity index (χ1v) is 10.8. The zero-order chi connectivity index (χ0) is 23.0. The van der Waals surface area contributed by atoms with Crippen molar-refractivity contribution < 1.29 is 18.0 Å². The van der Waals surface area contributed by atoms with Crippen LogP contribution in [-0.2, 0) is 6.18 Å². The average Bonchev–Trinajstić information content (AvgIpc) is 3.47. The fraction of sp³-hybridized carbons (Fsp3) is 0.0400. The summed E-state index contributed by atoms with van der Waals surface area (Å²) in [4.78, 5) is 21.7. The van der Waals surface area contributed by atoms with E-state index >= 15 is 0 Å². The highest BCUT2D eigenvalue weighted by molar-refractivity contribution is 7.17. The summed E-state index contributed by atoms with van der Waals surface area (Å²) in [5.41, 5.74) is 3.28. The monoisotopic (exact) mass is 463 g/mol. The van der Waals surface area contributed by atoms with Gasteiger partial charge in [0.25, 0.3) is 5.91 Å². The number of hydrogen-bond acceptors (Lipinski definition) is 3. The number of carbonyl (C=O) groups excluding carboxylic acids is 1. The van der Waals surface area contributed by atoms with Crippen molar-refractivity contribution in [1.82, 2.24) is 9.97 Å². The van der Waals surface area contributed by atoms with Gasteiger partial charge in [0.1, 0.15) is 5.82 Å². The first-order valence-electron chi connectivity index (χ1n) is 10.0. The molecule has 0 fully saturated rings. The molecule has 5 rings (SSSR count). The molecule has 8 heteroatoms. The summed E-state index contributed by atoms with van der Waals surface area (Å²) < 4.78 is 38.3. The molecule has 0 saturated heterocycles. The van der Waals surface area contributed by atoms with E-state index < -0.39 is 11.7 Å². The summed E-state index contributed by atoms with van der Waals surface area (Å²) in [5.74, 6) is 0.461. The number of halogens is 3. The standard InChI is InChI=1S/C25H16F3N3OS/c26-25(27,28)17-9-5-15(6-10-17)21-13-14-22(33-21)24(32)29-18-11-7-16(8-12-18)23-30-19-3-1-2-4-20(19)31-23/h1-14H,(H,29,32)(H,30,31). The van der Waals surface area contributed by atoms with Gasteiger partial charge in [0, 0.05) is 16.1 Å². The van der Waals surface area contributed by atoms with Crippen LogP contribution in [0.3, 0.4) is 0 Å². The highest BCUT2D eigenvalue weighted by Crippen LogP contribution is 2.33. The number of fused-ring (bicyclic) bond motifs is 1. The lowest BCUT2D eigenvalue weighted by Crippen LogP contribution is -2.09. The maximum absolute atomic E-state index is 12.8. The Bertz CT molecular complexity index is 1400.